The van der Waals surface area contributed by atoms with Gasteiger partial charge in [-0.25, -0.2) is 9.18 Å². The molecule has 22 heavy (non-hydrogen) atoms. The maximum Gasteiger partial charge on any atom is 0.337 e. The number of ether oxygens (including phenoxy) is 1. The fourth-order valence-corrected chi connectivity index (χ4v) is 2.67. The van der Waals surface area contributed by atoms with Crippen LogP contribution in [0, 0.1) is 9.39 Å². The standard InChI is InChI=1S/C15H10BrFINO3/c1-22-15(21)8-2-4-11(17)13(6-8)19-14(20)10-7-9(16)3-5-12(10)18/h2-7H,1H3,(H,19,20). The molecule has 114 valence electrons. The lowest BCUT2D eigenvalue weighted by Crippen LogP contribution is -2.15. The van der Waals surface area contributed by atoms with Gasteiger partial charge in [0.15, 0.2) is 0 Å². The zero-order valence-corrected chi connectivity index (χ0v) is 15.1. The molecule has 2 aromatic rings. The molecule has 0 saturated carbocycles. The largest absolute Gasteiger partial charge is 0.465 e. The molecular formula is C15H10BrFINO3. The molecule has 0 aromatic heterocycles. The third kappa shape index (κ3) is 3.83. The molecule has 0 heterocycles. The number of halogens is 3. The summed E-state index contributed by atoms with van der Waals surface area (Å²) < 4.78 is 19.9. The van der Waals surface area contributed by atoms with Gasteiger partial charge in [0.2, 0.25) is 0 Å². The average Bonchev–Trinajstić information content (AvgIpc) is 2.50. The summed E-state index contributed by atoms with van der Waals surface area (Å²) in [5.41, 5.74) is 0.477. The third-order valence-electron chi connectivity index (χ3n) is 2.81. The highest BCUT2D eigenvalue weighted by molar-refractivity contribution is 14.1. The van der Waals surface area contributed by atoms with Gasteiger partial charge in [-0.1, -0.05) is 15.9 Å². The van der Waals surface area contributed by atoms with Gasteiger partial charge in [-0.3, -0.25) is 4.79 Å². The Kier molecular flexibility index (Phi) is 5.52. The molecule has 0 fully saturated rings. The number of anilines is 1. The maximum atomic E-state index is 13.8. The molecule has 4 nitrogen and oxygen atoms in total. The lowest BCUT2D eigenvalue weighted by Gasteiger charge is -2.09. The molecule has 2 rings (SSSR count). The topological polar surface area (TPSA) is 55.4 Å². The highest BCUT2D eigenvalue weighted by Crippen LogP contribution is 2.22. The predicted octanol–water partition coefficient (Wildman–Crippen LogP) is 4.23. The number of benzene rings is 2. The summed E-state index contributed by atoms with van der Waals surface area (Å²) in [5.74, 6) is -1.70. The van der Waals surface area contributed by atoms with Crippen LogP contribution in [-0.4, -0.2) is 19.0 Å². The summed E-state index contributed by atoms with van der Waals surface area (Å²) in [6.07, 6.45) is 0. The van der Waals surface area contributed by atoms with Crippen molar-refractivity contribution in [3.63, 3.8) is 0 Å². The molecule has 0 radical (unpaired) electrons. The number of methoxy groups -OCH3 is 1. The minimum absolute atomic E-state index is 0.0799. The van der Waals surface area contributed by atoms with Crippen molar-refractivity contribution < 1.29 is 18.7 Å². The van der Waals surface area contributed by atoms with E-state index in [4.69, 9.17) is 0 Å². The Bertz CT molecular complexity index is 752. The first kappa shape index (κ1) is 16.9. The molecule has 0 aliphatic carbocycles. The molecule has 0 aliphatic rings. The van der Waals surface area contributed by atoms with Crippen molar-refractivity contribution in [3.05, 3.63) is 61.4 Å². The molecule has 1 amide bonds. The van der Waals surface area contributed by atoms with Gasteiger partial charge in [-0.15, -0.1) is 0 Å². The number of amides is 1. The van der Waals surface area contributed by atoms with Crippen LogP contribution in [0.1, 0.15) is 20.7 Å². The quantitative estimate of drug-likeness (QED) is 0.531. The molecule has 0 saturated heterocycles. The number of carbonyl (C=O) groups is 2. The van der Waals surface area contributed by atoms with E-state index in [2.05, 4.69) is 26.0 Å². The second-order valence-electron chi connectivity index (χ2n) is 4.26. The number of hydrogen-bond donors (Lipinski definition) is 1. The molecule has 7 heteroatoms. The zero-order valence-electron chi connectivity index (χ0n) is 11.3. The van der Waals surface area contributed by atoms with E-state index in [0.29, 0.717) is 5.56 Å². The predicted molar refractivity (Wildman–Crippen MR) is 92.6 cm³/mol. The Hall–Kier alpha value is -1.48. The van der Waals surface area contributed by atoms with E-state index in [0.717, 1.165) is 14.1 Å². The normalized spacial score (nSPS) is 10.2. The molecule has 1 N–H and O–H groups in total. The monoisotopic (exact) mass is 477 g/mol. The van der Waals surface area contributed by atoms with Crippen molar-refractivity contribution in [1.29, 1.82) is 0 Å². The van der Waals surface area contributed by atoms with Crippen LogP contribution in [0.4, 0.5) is 10.1 Å². The summed E-state index contributed by atoms with van der Waals surface area (Å²) in [4.78, 5) is 23.7. The minimum Gasteiger partial charge on any atom is -0.465 e. The van der Waals surface area contributed by atoms with E-state index in [1.807, 2.05) is 22.6 Å². The molecule has 0 aliphatic heterocycles. The number of hydrogen-bond acceptors (Lipinski definition) is 3. The molecule has 0 spiro atoms. The van der Waals surface area contributed by atoms with E-state index in [1.54, 1.807) is 18.2 Å². The van der Waals surface area contributed by atoms with Gasteiger partial charge in [0.05, 0.1) is 23.9 Å². The van der Waals surface area contributed by atoms with E-state index in [1.165, 1.54) is 19.2 Å². The SMILES string of the molecule is COC(=O)c1ccc(F)c(NC(=O)c2cc(Br)ccc2I)c1. The smallest absolute Gasteiger partial charge is 0.337 e. The number of rotatable bonds is 3. The molecule has 2 aromatic carbocycles. The van der Waals surface area contributed by atoms with E-state index in [9.17, 15) is 14.0 Å². The van der Waals surface area contributed by atoms with Crippen LogP contribution in [-0.2, 0) is 4.74 Å². The van der Waals surface area contributed by atoms with Crippen LogP contribution in [0.5, 0.6) is 0 Å². The van der Waals surface area contributed by atoms with Crippen LogP contribution in [0.3, 0.4) is 0 Å². The number of esters is 1. The van der Waals surface area contributed by atoms with E-state index < -0.39 is 17.7 Å². The Morgan fingerprint density at radius 1 is 1.23 bits per heavy atom. The summed E-state index contributed by atoms with van der Waals surface area (Å²) in [6.45, 7) is 0. The Balaban J connectivity index is 2.32. The maximum absolute atomic E-state index is 13.8. The first-order valence-corrected chi connectivity index (χ1v) is 7.94. The fourth-order valence-electron chi connectivity index (χ4n) is 1.73. The van der Waals surface area contributed by atoms with Crippen molar-refractivity contribution in [2.24, 2.45) is 0 Å². The Labute approximate surface area is 148 Å². The first-order chi connectivity index (χ1) is 10.4. The van der Waals surface area contributed by atoms with Gasteiger partial charge in [-0.05, 0) is 59.0 Å². The molecular weight excluding hydrogens is 468 g/mol. The van der Waals surface area contributed by atoms with Gasteiger partial charge < -0.3 is 10.1 Å². The van der Waals surface area contributed by atoms with Crippen LogP contribution < -0.4 is 5.32 Å². The summed E-state index contributed by atoms with van der Waals surface area (Å²) in [5, 5.41) is 2.47. The van der Waals surface area contributed by atoms with Crippen molar-refractivity contribution >= 4 is 56.1 Å². The van der Waals surface area contributed by atoms with Gasteiger partial charge in [0, 0.05) is 8.04 Å². The van der Waals surface area contributed by atoms with Crippen molar-refractivity contribution in [1.82, 2.24) is 0 Å². The second-order valence-corrected chi connectivity index (χ2v) is 6.34. The molecule has 0 unspecified atom stereocenters. The first-order valence-electron chi connectivity index (χ1n) is 6.06. The lowest BCUT2D eigenvalue weighted by atomic mass is 10.1. The van der Waals surface area contributed by atoms with Crippen molar-refractivity contribution in [2.45, 2.75) is 0 Å². The summed E-state index contributed by atoms with van der Waals surface area (Å²) in [7, 11) is 1.23. The van der Waals surface area contributed by atoms with E-state index in [-0.39, 0.29) is 11.3 Å². The summed E-state index contributed by atoms with van der Waals surface area (Å²) >= 11 is 5.30. The average molecular weight is 478 g/mol. The third-order valence-corrected chi connectivity index (χ3v) is 4.24. The van der Waals surface area contributed by atoms with Gasteiger partial charge in [0.25, 0.3) is 5.91 Å². The Morgan fingerprint density at radius 3 is 2.64 bits per heavy atom. The fraction of sp³-hybridized carbons (Fsp3) is 0.0667. The van der Waals surface area contributed by atoms with Gasteiger partial charge in [-0.2, -0.15) is 0 Å². The van der Waals surface area contributed by atoms with Crippen LogP contribution in [0.2, 0.25) is 0 Å². The minimum atomic E-state index is -0.633. The van der Waals surface area contributed by atoms with Crippen molar-refractivity contribution in [3.8, 4) is 0 Å². The zero-order chi connectivity index (χ0) is 16.3. The van der Waals surface area contributed by atoms with Crippen LogP contribution in [0.15, 0.2) is 40.9 Å². The van der Waals surface area contributed by atoms with E-state index >= 15 is 0 Å². The molecule has 0 atom stereocenters. The highest BCUT2D eigenvalue weighted by Gasteiger charge is 2.15. The second kappa shape index (κ2) is 7.19. The number of carbonyl (C=O) groups excluding carboxylic acids is 2. The van der Waals surface area contributed by atoms with Crippen LogP contribution >= 0.6 is 38.5 Å². The highest BCUT2D eigenvalue weighted by atomic mass is 127. The van der Waals surface area contributed by atoms with Crippen LogP contribution in [0.25, 0.3) is 0 Å². The van der Waals surface area contributed by atoms with Gasteiger partial charge in [0.1, 0.15) is 5.82 Å². The Morgan fingerprint density at radius 2 is 1.95 bits per heavy atom. The molecule has 0 bridgehead atoms. The summed E-state index contributed by atoms with van der Waals surface area (Å²) in [6, 6.07) is 8.84. The lowest BCUT2D eigenvalue weighted by molar-refractivity contribution is 0.0600. The number of nitrogens with one attached hydrogen (secondary N) is 1. The van der Waals surface area contributed by atoms with Crippen molar-refractivity contribution in [2.75, 3.05) is 12.4 Å². The van der Waals surface area contributed by atoms with Gasteiger partial charge >= 0.3 is 5.97 Å².